The van der Waals surface area contributed by atoms with Crippen LogP contribution in [0.15, 0.2) is 48.5 Å². The van der Waals surface area contributed by atoms with Crippen molar-refractivity contribution in [2.24, 2.45) is 0 Å². The molecule has 2 aromatic rings. The summed E-state index contributed by atoms with van der Waals surface area (Å²) in [6.45, 7) is -2.17. The molecule has 0 saturated heterocycles. The predicted molar refractivity (Wildman–Crippen MR) is 91.0 cm³/mol. The van der Waals surface area contributed by atoms with Gasteiger partial charge in [-0.1, -0.05) is 24.3 Å². The van der Waals surface area contributed by atoms with Gasteiger partial charge in [0.2, 0.25) is 5.91 Å². The number of carbonyl (C=O) groups excluding carboxylic acids is 1. The molecular formula is C18H20F2N2O3. The highest BCUT2D eigenvalue weighted by Crippen LogP contribution is 2.23. The Morgan fingerprint density at radius 1 is 1.16 bits per heavy atom. The summed E-state index contributed by atoms with van der Waals surface area (Å²) >= 11 is 0. The van der Waals surface area contributed by atoms with E-state index in [1.807, 2.05) is 17.0 Å². The van der Waals surface area contributed by atoms with E-state index in [4.69, 9.17) is 4.74 Å². The van der Waals surface area contributed by atoms with Crippen molar-refractivity contribution < 1.29 is 23.0 Å². The number of anilines is 1. The van der Waals surface area contributed by atoms with E-state index in [1.165, 1.54) is 12.1 Å². The van der Waals surface area contributed by atoms with E-state index in [-0.39, 0.29) is 18.2 Å². The predicted octanol–water partition coefficient (Wildman–Crippen LogP) is 3.37. The number of nitrogens with zero attached hydrogens (tertiary/aromatic N) is 1. The molecule has 25 heavy (non-hydrogen) atoms. The average molecular weight is 350 g/mol. The Morgan fingerprint density at radius 3 is 2.48 bits per heavy atom. The third kappa shape index (κ3) is 6.04. The van der Waals surface area contributed by atoms with E-state index in [2.05, 4.69) is 10.1 Å². The van der Waals surface area contributed by atoms with Gasteiger partial charge in [0, 0.05) is 6.54 Å². The number of amides is 1. The third-order valence-corrected chi connectivity index (χ3v) is 3.40. The van der Waals surface area contributed by atoms with Gasteiger partial charge in [0.25, 0.3) is 0 Å². The Hall–Kier alpha value is -2.67. The molecule has 2 rings (SSSR count). The van der Waals surface area contributed by atoms with E-state index in [1.54, 1.807) is 38.4 Å². The van der Waals surface area contributed by atoms with Crippen LogP contribution in [0, 0.1) is 0 Å². The van der Waals surface area contributed by atoms with E-state index < -0.39 is 6.61 Å². The first-order valence-electron chi connectivity index (χ1n) is 7.63. The second kappa shape index (κ2) is 8.98. The molecule has 5 nitrogen and oxygen atoms in total. The molecule has 0 unspecified atom stereocenters. The van der Waals surface area contributed by atoms with Gasteiger partial charge in [-0.25, -0.2) is 0 Å². The van der Waals surface area contributed by atoms with Crippen LogP contribution in [-0.2, 0) is 11.3 Å². The summed E-state index contributed by atoms with van der Waals surface area (Å²) in [5, 5.41) is 2.80. The second-order valence-corrected chi connectivity index (χ2v) is 5.44. The number of hydrogen-bond donors (Lipinski definition) is 1. The zero-order valence-electron chi connectivity index (χ0n) is 14.0. The van der Waals surface area contributed by atoms with E-state index in [9.17, 15) is 13.6 Å². The van der Waals surface area contributed by atoms with Crippen molar-refractivity contribution in [1.29, 1.82) is 0 Å². The van der Waals surface area contributed by atoms with Gasteiger partial charge in [0.15, 0.2) is 0 Å². The number of para-hydroxylation sites is 2. The Labute approximate surface area is 145 Å². The average Bonchev–Trinajstić information content (AvgIpc) is 2.56. The molecule has 0 aliphatic carbocycles. The number of alkyl halides is 2. The number of rotatable bonds is 8. The molecule has 0 heterocycles. The Bertz CT molecular complexity index is 693. The van der Waals surface area contributed by atoms with Crippen LogP contribution >= 0.6 is 0 Å². The molecule has 0 aromatic heterocycles. The van der Waals surface area contributed by atoms with Crippen molar-refractivity contribution in [3.05, 3.63) is 54.1 Å². The molecule has 1 N–H and O–H groups in total. The van der Waals surface area contributed by atoms with Gasteiger partial charge < -0.3 is 14.8 Å². The number of ether oxygens (including phenoxy) is 2. The maximum absolute atomic E-state index is 12.1. The lowest BCUT2D eigenvalue weighted by Crippen LogP contribution is -2.29. The SMILES string of the molecule is COc1ccccc1NC(=O)CN(C)Cc1ccc(OC(F)F)cc1. The molecule has 0 spiro atoms. The lowest BCUT2D eigenvalue weighted by molar-refractivity contribution is -0.117. The fourth-order valence-corrected chi connectivity index (χ4v) is 2.33. The Kier molecular flexibility index (Phi) is 6.71. The van der Waals surface area contributed by atoms with E-state index in [0.717, 1.165) is 5.56 Å². The molecule has 0 bridgehead atoms. The van der Waals surface area contributed by atoms with Crippen LogP contribution in [0.1, 0.15) is 5.56 Å². The van der Waals surface area contributed by atoms with Crippen molar-refractivity contribution in [2.45, 2.75) is 13.2 Å². The largest absolute Gasteiger partial charge is 0.495 e. The standard InChI is InChI=1S/C18H20F2N2O3/c1-22(11-13-7-9-14(10-8-13)25-18(19)20)12-17(23)21-15-5-3-4-6-16(15)24-2/h3-10,18H,11-12H2,1-2H3,(H,21,23). The summed E-state index contributed by atoms with van der Waals surface area (Å²) in [6, 6.07) is 13.5. The fourth-order valence-electron chi connectivity index (χ4n) is 2.33. The van der Waals surface area contributed by atoms with Crippen LogP contribution in [0.4, 0.5) is 14.5 Å². The third-order valence-electron chi connectivity index (χ3n) is 3.40. The van der Waals surface area contributed by atoms with Crippen LogP contribution in [0.3, 0.4) is 0 Å². The number of likely N-dealkylation sites (N-methyl/N-ethyl adjacent to an activating group) is 1. The van der Waals surface area contributed by atoms with E-state index in [0.29, 0.717) is 18.0 Å². The zero-order chi connectivity index (χ0) is 18.2. The number of methoxy groups -OCH3 is 1. The highest BCUT2D eigenvalue weighted by Gasteiger charge is 2.10. The van der Waals surface area contributed by atoms with Gasteiger partial charge in [0.1, 0.15) is 11.5 Å². The normalized spacial score (nSPS) is 10.8. The highest BCUT2D eigenvalue weighted by molar-refractivity contribution is 5.93. The van der Waals surface area contributed by atoms with Crippen LogP contribution in [0.25, 0.3) is 0 Å². The van der Waals surface area contributed by atoms with Crippen molar-refractivity contribution in [3.63, 3.8) is 0 Å². The Morgan fingerprint density at radius 2 is 1.84 bits per heavy atom. The van der Waals surface area contributed by atoms with Crippen molar-refractivity contribution >= 4 is 11.6 Å². The molecule has 0 aliphatic heterocycles. The van der Waals surface area contributed by atoms with Crippen LogP contribution in [-0.4, -0.2) is 38.1 Å². The molecule has 0 saturated carbocycles. The van der Waals surface area contributed by atoms with E-state index >= 15 is 0 Å². The lowest BCUT2D eigenvalue weighted by atomic mass is 10.2. The molecule has 0 atom stereocenters. The lowest BCUT2D eigenvalue weighted by Gasteiger charge is -2.17. The quantitative estimate of drug-likeness (QED) is 0.793. The summed E-state index contributed by atoms with van der Waals surface area (Å²) in [6.07, 6.45) is 0. The number of carbonyl (C=O) groups is 1. The summed E-state index contributed by atoms with van der Waals surface area (Å²) < 4.78 is 33.7. The molecule has 0 fully saturated rings. The van der Waals surface area contributed by atoms with Gasteiger partial charge in [-0.05, 0) is 36.9 Å². The molecule has 0 radical (unpaired) electrons. The maximum atomic E-state index is 12.1. The number of benzene rings is 2. The summed E-state index contributed by atoms with van der Waals surface area (Å²) in [7, 11) is 3.34. The molecule has 0 aliphatic rings. The topological polar surface area (TPSA) is 50.8 Å². The monoisotopic (exact) mass is 350 g/mol. The zero-order valence-corrected chi connectivity index (χ0v) is 14.0. The summed E-state index contributed by atoms with van der Waals surface area (Å²) in [5.41, 5.74) is 1.49. The first-order valence-corrected chi connectivity index (χ1v) is 7.63. The first kappa shape index (κ1) is 18.7. The van der Waals surface area contributed by atoms with Crippen molar-refractivity contribution in [2.75, 3.05) is 26.0 Å². The minimum atomic E-state index is -2.84. The fraction of sp³-hybridized carbons (Fsp3) is 0.278. The minimum absolute atomic E-state index is 0.107. The van der Waals surface area contributed by atoms with Crippen molar-refractivity contribution in [3.8, 4) is 11.5 Å². The van der Waals surface area contributed by atoms with Crippen LogP contribution in [0.2, 0.25) is 0 Å². The van der Waals surface area contributed by atoms with Crippen LogP contribution in [0.5, 0.6) is 11.5 Å². The van der Waals surface area contributed by atoms with Gasteiger partial charge in [-0.3, -0.25) is 9.69 Å². The van der Waals surface area contributed by atoms with Crippen LogP contribution < -0.4 is 14.8 Å². The van der Waals surface area contributed by atoms with Gasteiger partial charge in [0.05, 0.1) is 19.3 Å². The Balaban J connectivity index is 1.86. The second-order valence-electron chi connectivity index (χ2n) is 5.44. The molecule has 7 heteroatoms. The smallest absolute Gasteiger partial charge is 0.387 e. The molecule has 2 aromatic carbocycles. The number of halogens is 2. The van der Waals surface area contributed by atoms with Gasteiger partial charge >= 0.3 is 6.61 Å². The van der Waals surface area contributed by atoms with Gasteiger partial charge in [-0.2, -0.15) is 8.78 Å². The highest BCUT2D eigenvalue weighted by atomic mass is 19.3. The summed E-state index contributed by atoms with van der Waals surface area (Å²) in [5.74, 6) is 0.521. The maximum Gasteiger partial charge on any atom is 0.387 e. The molecule has 1 amide bonds. The number of hydrogen-bond acceptors (Lipinski definition) is 4. The summed E-state index contributed by atoms with van der Waals surface area (Å²) in [4.78, 5) is 14.0. The van der Waals surface area contributed by atoms with Crippen molar-refractivity contribution in [1.82, 2.24) is 4.90 Å². The van der Waals surface area contributed by atoms with Gasteiger partial charge in [-0.15, -0.1) is 0 Å². The number of nitrogens with one attached hydrogen (secondary N) is 1. The first-order chi connectivity index (χ1) is 12.0. The molecule has 134 valence electrons. The molecular weight excluding hydrogens is 330 g/mol. The minimum Gasteiger partial charge on any atom is -0.495 e.